The highest BCUT2D eigenvalue weighted by molar-refractivity contribution is 6.31. The highest BCUT2D eigenvalue weighted by Gasteiger charge is 2.16. The van der Waals surface area contributed by atoms with Crippen LogP contribution in [0.1, 0.15) is 35.7 Å². The molecule has 1 amide bonds. The molecule has 160 valence electrons. The van der Waals surface area contributed by atoms with Gasteiger partial charge in [0.05, 0.1) is 5.69 Å². The van der Waals surface area contributed by atoms with Crippen LogP contribution in [-0.2, 0) is 6.54 Å². The van der Waals surface area contributed by atoms with Gasteiger partial charge in [0.2, 0.25) is 0 Å². The number of anilines is 1. The first-order valence-electron chi connectivity index (χ1n) is 10.7. The van der Waals surface area contributed by atoms with Crippen LogP contribution in [-0.4, -0.2) is 23.9 Å². The van der Waals surface area contributed by atoms with E-state index in [1.165, 1.54) is 18.4 Å². The van der Waals surface area contributed by atoms with Crippen LogP contribution in [0.2, 0.25) is 5.02 Å². The number of benzene rings is 3. The van der Waals surface area contributed by atoms with Crippen LogP contribution >= 0.6 is 11.6 Å². The molecule has 0 atom stereocenters. The van der Waals surface area contributed by atoms with Crippen molar-refractivity contribution in [2.24, 2.45) is 5.92 Å². The summed E-state index contributed by atoms with van der Waals surface area (Å²) in [7, 11) is 0. The van der Waals surface area contributed by atoms with E-state index in [1.807, 2.05) is 54.6 Å². The standard InChI is InChI=1S/C26H27ClN2O2/c1-19-13-15-29(16-14-19)18-20-7-9-21(10-8-20)26(30)28-24-17-22(27)11-12-25(24)31-23-5-3-2-4-6-23/h2-12,17,19H,13-16,18H2,1H3,(H,28,30). The van der Waals surface area contributed by atoms with Crippen molar-refractivity contribution in [3.05, 3.63) is 88.9 Å². The zero-order chi connectivity index (χ0) is 21.6. The molecule has 0 aliphatic carbocycles. The van der Waals surface area contributed by atoms with E-state index >= 15 is 0 Å². The van der Waals surface area contributed by atoms with Gasteiger partial charge in [0, 0.05) is 17.1 Å². The summed E-state index contributed by atoms with van der Waals surface area (Å²) >= 11 is 6.16. The number of likely N-dealkylation sites (tertiary alicyclic amines) is 1. The van der Waals surface area contributed by atoms with E-state index in [0.717, 1.165) is 25.6 Å². The molecule has 1 fully saturated rings. The van der Waals surface area contributed by atoms with Gasteiger partial charge in [-0.3, -0.25) is 9.69 Å². The fourth-order valence-corrected chi connectivity index (χ4v) is 3.91. The zero-order valence-electron chi connectivity index (χ0n) is 17.7. The predicted octanol–water partition coefficient (Wildman–Crippen LogP) is 6.62. The third-order valence-electron chi connectivity index (χ3n) is 5.66. The lowest BCUT2D eigenvalue weighted by molar-refractivity contribution is 0.102. The number of halogens is 1. The average molecular weight is 435 g/mol. The van der Waals surface area contributed by atoms with Crippen molar-refractivity contribution in [2.45, 2.75) is 26.3 Å². The lowest BCUT2D eigenvalue weighted by Gasteiger charge is -2.30. The lowest BCUT2D eigenvalue weighted by Crippen LogP contribution is -2.32. The highest BCUT2D eigenvalue weighted by Crippen LogP contribution is 2.32. The molecular formula is C26H27ClN2O2. The van der Waals surface area contributed by atoms with Gasteiger partial charge in [0.15, 0.2) is 5.75 Å². The molecule has 1 aliphatic rings. The van der Waals surface area contributed by atoms with Crippen molar-refractivity contribution in [3.63, 3.8) is 0 Å². The van der Waals surface area contributed by atoms with Gasteiger partial charge in [-0.05, 0) is 79.9 Å². The molecule has 3 aromatic carbocycles. The maximum Gasteiger partial charge on any atom is 0.255 e. The predicted molar refractivity (Wildman–Crippen MR) is 126 cm³/mol. The smallest absolute Gasteiger partial charge is 0.255 e. The number of hydrogen-bond acceptors (Lipinski definition) is 3. The van der Waals surface area contributed by atoms with Crippen molar-refractivity contribution in [3.8, 4) is 11.5 Å². The number of nitrogens with one attached hydrogen (secondary N) is 1. The highest BCUT2D eigenvalue weighted by atomic mass is 35.5. The summed E-state index contributed by atoms with van der Waals surface area (Å²) in [6.45, 7) is 5.53. The Morgan fingerprint density at radius 2 is 1.74 bits per heavy atom. The molecule has 1 aliphatic heterocycles. The first kappa shape index (κ1) is 21.4. The molecule has 0 unspecified atom stereocenters. The van der Waals surface area contributed by atoms with Gasteiger partial charge in [-0.15, -0.1) is 0 Å². The summed E-state index contributed by atoms with van der Waals surface area (Å²) in [4.78, 5) is 15.3. The maximum atomic E-state index is 12.8. The molecule has 1 saturated heterocycles. The topological polar surface area (TPSA) is 41.6 Å². The Hall–Kier alpha value is -2.82. The molecule has 3 aromatic rings. The number of hydrogen-bond donors (Lipinski definition) is 1. The van der Waals surface area contributed by atoms with Gasteiger partial charge in [-0.1, -0.05) is 48.9 Å². The molecule has 0 spiro atoms. The van der Waals surface area contributed by atoms with Crippen molar-refractivity contribution in [1.82, 2.24) is 4.90 Å². The van der Waals surface area contributed by atoms with Gasteiger partial charge in [0.1, 0.15) is 5.75 Å². The van der Waals surface area contributed by atoms with E-state index in [2.05, 4.69) is 17.1 Å². The van der Waals surface area contributed by atoms with Gasteiger partial charge in [-0.25, -0.2) is 0 Å². The Morgan fingerprint density at radius 1 is 1.03 bits per heavy atom. The van der Waals surface area contributed by atoms with E-state index in [0.29, 0.717) is 27.8 Å². The fraction of sp³-hybridized carbons (Fsp3) is 0.269. The Labute approximate surface area is 188 Å². The second-order valence-corrected chi connectivity index (χ2v) is 8.60. The Bertz CT molecular complexity index is 1010. The van der Waals surface area contributed by atoms with Crippen LogP contribution in [0.3, 0.4) is 0 Å². The van der Waals surface area contributed by atoms with Crippen LogP contribution in [0.25, 0.3) is 0 Å². The van der Waals surface area contributed by atoms with Gasteiger partial charge < -0.3 is 10.1 Å². The number of carbonyl (C=O) groups excluding carboxylic acids is 1. The number of carbonyl (C=O) groups is 1. The molecule has 1 N–H and O–H groups in total. The van der Waals surface area contributed by atoms with Crippen molar-refractivity contribution < 1.29 is 9.53 Å². The third-order valence-corrected chi connectivity index (χ3v) is 5.89. The van der Waals surface area contributed by atoms with Gasteiger partial charge in [0.25, 0.3) is 5.91 Å². The molecule has 0 bridgehead atoms. The molecule has 4 rings (SSSR count). The molecule has 4 nitrogen and oxygen atoms in total. The van der Waals surface area contributed by atoms with Crippen LogP contribution in [0, 0.1) is 5.92 Å². The summed E-state index contributed by atoms with van der Waals surface area (Å²) in [6.07, 6.45) is 2.51. The summed E-state index contributed by atoms with van der Waals surface area (Å²) < 4.78 is 5.93. The Kier molecular flexibility index (Phi) is 6.90. The van der Waals surface area contributed by atoms with Gasteiger partial charge >= 0.3 is 0 Å². The van der Waals surface area contributed by atoms with E-state index < -0.39 is 0 Å². The molecule has 5 heteroatoms. The van der Waals surface area contributed by atoms with E-state index in [9.17, 15) is 4.79 Å². The monoisotopic (exact) mass is 434 g/mol. The summed E-state index contributed by atoms with van der Waals surface area (Å²) in [6, 6.07) is 22.5. The minimum atomic E-state index is -0.196. The summed E-state index contributed by atoms with van der Waals surface area (Å²) in [5.41, 5.74) is 2.36. The molecule has 1 heterocycles. The molecule has 0 saturated carbocycles. The minimum Gasteiger partial charge on any atom is -0.455 e. The van der Waals surface area contributed by atoms with Crippen LogP contribution in [0.4, 0.5) is 5.69 Å². The second-order valence-electron chi connectivity index (χ2n) is 8.17. The van der Waals surface area contributed by atoms with Crippen molar-refractivity contribution >= 4 is 23.2 Å². The van der Waals surface area contributed by atoms with E-state index in [1.54, 1.807) is 18.2 Å². The number of nitrogens with zero attached hydrogens (tertiary/aromatic N) is 1. The minimum absolute atomic E-state index is 0.196. The van der Waals surface area contributed by atoms with Crippen molar-refractivity contribution in [1.29, 1.82) is 0 Å². The van der Waals surface area contributed by atoms with Crippen LogP contribution in [0.5, 0.6) is 11.5 Å². The molecule has 31 heavy (non-hydrogen) atoms. The quantitative estimate of drug-likeness (QED) is 0.474. The Morgan fingerprint density at radius 3 is 2.45 bits per heavy atom. The number of amides is 1. The molecule has 0 aromatic heterocycles. The third kappa shape index (κ3) is 5.87. The number of ether oxygens (including phenoxy) is 1. The lowest BCUT2D eigenvalue weighted by atomic mass is 9.99. The van der Waals surface area contributed by atoms with Crippen molar-refractivity contribution in [2.75, 3.05) is 18.4 Å². The van der Waals surface area contributed by atoms with E-state index in [-0.39, 0.29) is 5.91 Å². The normalized spacial score (nSPS) is 14.9. The SMILES string of the molecule is CC1CCN(Cc2ccc(C(=O)Nc3cc(Cl)ccc3Oc3ccccc3)cc2)CC1. The van der Waals surface area contributed by atoms with Gasteiger partial charge in [-0.2, -0.15) is 0 Å². The molecular weight excluding hydrogens is 408 g/mol. The first-order valence-corrected chi connectivity index (χ1v) is 11.1. The summed E-state index contributed by atoms with van der Waals surface area (Å²) in [5, 5.41) is 3.46. The average Bonchev–Trinajstić information content (AvgIpc) is 2.78. The summed E-state index contributed by atoms with van der Waals surface area (Å²) in [5.74, 6) is 1.86. The first-order chi connectivity index (χ1) is 15.1. The van der Waals surface area contributed by atoms with Crippen LogP contribution < -0.4 is 10.1 Å². The Balaban J connectivity index is 1.42. The second kappa shape index (κ2) is 9.99. The van der Waals surface area contributed by atoms with E-state index in [4.69, 9.17) is 16.3 Å². The van der Waals surface area contributed by atoms with Crippen LogP contribution in [0.15, 0.2) is 72.8 Å². The largest absolute Gasteiger partial charge is 0.455 e. The number of rotatable bonds is 6. The number of piperidine rings is 1. The fourth-order valence-electron chi connectivity index (χ4n) is 3.74. The number of para-hydroxylation sites is 1. The molecule has 0 radical (unpaired) electrons. The zero-order valence-corrected chi connectivity index (χ0v) is 18.4. The maximum absolute atomic E-state index is 12.8.